The lowest BCUT2D eigenvalue weighted by Gasteiger charge is -2.12. The van der Waals surface area contributed by atoms with Crippen LogP contribution in [0.5, 0.6) is 17.2 Å². The lowest BCUT2D eigenvalue weighted by molar-refractivity contribution is -0.384. The molecule has 0 saturated carbocycles. The minimum absolute atomic E-state index is 0.00663. The molecule has 1 aromatic heterocycles. The van der Waals surface area contributed by atoms with E-state index in [1.54, 1.807) is 12.1 Å². The van der Waals surface area contributed by atoms with E-state index in [9.17, 15) is 14.9 Å². The number of carbonyl (C=O) groups is 1. The number of benzene rings is 3. The number of aryl methyl sites for hydroxylation is 1. The monoisotopic (exact) mass is 614 g/mol. The SMILES string of the molecule is Cc1ccc(Oc2cc(NC(=O)c3ccc(COc4c(Cl)c(Cl)c(Cl)c(Cl)c4Cl)o3)cc([N+](=O)[O-])c2)cc1. The Labute approximate surface area is 241 Å². The van der Waals surface area contributed by atoms with Gasteiger partial charge in [-0.05, 0) is 31.2 Å². The second-order valence-corrected chi connectivity index (χ2v) is 9.69. The first-order chi connectivity index (χ1) is 18.0. The summed E-state index contributed by atoms with van der Waals surface area (Å²) in [5.41, 5.74) is 0.886. The molecule has 0 aliphatic rings. The van der Waals surface area contributed by atoms with Crippen LogP contribution < -0.4 is 14.8 Å². The quantitative estimate of drug-likeness (QED) is 0.0915. The smallest absolute Gasteiger partial charge is 0.291 e. The molecule has 0 atom stereocenters. The molecule has 1 amide bonds. The number of carbonyl (C=O) groups excluding carboxylic acids is 1. The lowest BCUT2D eigenvalue weighted by atomic mass is 10.2. The van der Waals surface area contributed by atoms with Crippen LogP contribution >= 0.6 is 58.0 Å². The van der Waals surface area contributed by atoms with Crippen LogP contribution in [0.3, 0.4) is 0 Å². The van der Waals surface area contributed by atoms with E-state index in [0.29, 0.717) is 5.75 Å². The van der Waals surface area contributed by atoms with Crippen LogP contribution in [0.4, 0.5) is 11.4 Å². The van der Waals surface area contributed by atoms with Crippen molar-refractivity contribution in [3.05, 3.63) is 107 Å². The predicted octanol–water partition coefficient (Wildman–Crippen LogP) is 9.39. The number of ether oxygens (including phenoxy) is 2. The number of non-ortho nitro benzene ring substituents is 1. The van der Waals surface area contributed by atoms with Crippen LogP contribution in [0.15, 0.2) is 59.0 Å². The van der Waals surface area contributed by atoms with Crippen molar-refractivity contribution in [2.45, 2.75) is 13.5 Å². The molecule has 3 aromatic carbocycles. The Morgan fingerprint density at radius 1 is 0.895 bits per heavy atom. The topological polar surface area (TPSA) is 104 Å². The van der Waals surface area contributed by atoms with E-state index in [1.165, 1.54) is 30.3 Å². The molecular formula is C25H15Cl5N2O6. The summed E-state index contributed by atoms with van der Waals surface area (Å²) in [4.78, 5) is 23.6. The van der Waals surface area contributed by atoms with Crippen LogP contribution in [0, 0.1) is 17.0 Å². The Hall–Kier alpha value is -3.14. The Morgan fingerprint density at radius 2 is 1.53 bits per heavy atom. The van der Waals surface area contributed by atoms with E-state index in [-0.39, 0.29) is 66.1 Å². The van der Waals surface area contributed by atoms with Gasteiger partial charge in [-0.1, -0.05) is 75.7 Å². The van der Waals surface area contributed by atoms with E-state index in [0.717, 1.165) is 5.56 Å². The largest absolute Gasteiger partial charge is 0.482 e. The Morgan fingerprint density at radius 3 is 2.16 bits per heavy atom. The predicted molar refractivity (Wildman–Crippen MR) is 147 cm³/mol. The average Bonchev–Trinajstić information content (AvgIpc) is 3.37. The van der Waals surface area contributed by atoms with E-state index < -0.39 is 10.8 Å². The number of anilines is 1. The summed E-state index contributed by atoms with van der Waals surface area (Å²) in [6.07, 6.45) is 0. The molecule has 0 saturated heterocycles. The summed E-state index contributed by atoms with van der Waals surface area (Å²) < 4.78 is 16.9. The lowest BCUT2D eigenvalue weighted by Crippen LogP contribution is -2.11. The number of hydrogen-bond donors (Lipinski definition) is 1. The summed E-state index contributed by atoms with van der Waals surface area (Å²) in [5, 5.41) is 13.8. The maximum Gasteiger partial charge on any atom is 0.291 e. The number of nitrogens with zero attached hydrogens (tertiary/aromatic N) is 1. The van der Waals surface area contributed by atoms with Gasteiger partial charge in [0.2, 0.25) is 0 Å². The van der Waals surface area contributed by atoms with Gasteiger partial charge in [0.15, 0.2) is 11.5 Å². The van der Waals surface area contributed by atoms with Crippen LogP contribution in [0.2, 0.25) is 25.1 Å². The van der Waals surface area contributed by atoms with E-state index >= 15 is 0 Å². The number of hydrogen-bond acceptors (Lipinski definition) is 6. The van der Waals surface area contributed by atoms with E-state index in [4.69, 9.17) is 71.9 Å². The highest BCUT2D eigenvalue weighted by Gasteiger charge is 2.22. The molecule has 0 bridgehead atoms. The van der Waals surface area contributed by atoms with Gasteiger partial charge < -0.3 is 19.2 Å². The van der Waals surface area contributed by atoms with Crippen molar-refractivity contribution in [2.24, 2.45) is 0 Å². The zero-order valence-electron chi connectivity index (χ0n) is 19.2. The number of nitrogens with one attached hydrogen (secondary N) is 1. The fourth-order valence-electron chi connectivity index (χ4n) is 3.19. The van der Waals surface area contributed by atoms with Gasteiger partial charge in [-0.25, -0.2) is 0 Å². The number of amides is 1. The summed E-state index contributed by atoms with van der Waals surface area (Å²) in [6.45, 7) is 1.75. The Bertz CT molecular complexity index is 1510. The van der Waals surface area contributed by atoms with Crippen molar-refractivity contribution in [3.8, 4) is 17.2 Å². The first kappa shape index (κ1) is 27.9. The summed E-state index contributed by atoms with van der Waals surface area (Å²) in [6, 6.07) is 13.9. The molecular weight excluding hydrogens is 602 g/mol. The molecule has 0 fully saturated rings. The number of nitro benzene ring substituents is 1. The third kappa shape index (κ3) is 6.28. The van der Waals surface area contributed by atoms with Gasteiger partial charge >= 0.3 is 0 Å². The van der Waals surface area contributed by atoms with Crippen molar-refractivity contribution in [1.29, 1.82) is 0 Å². The van der Waals surface area contributed by atoms with Crippen LogP contribution in [-0.2, 0) is 6.61 Å². The molecule has 8 nitrogen and oxygen atoms in total. The standard InChI is InChI=1S/C25H15Cl5N2O6/c1-12-2-4-15(5-3-12)37-17-9-13(8-14(10-17)32(34)35)31-25(33)18-7-6-16(38-18)11-36-24-22(29)20(27)19(26)21(28)23(24)30/h2-10H,11H2,1H3,(H,31,33). The van der Waals surface area contributed by atoms with Crippen molar-refractivity contribution < 1.29 is 23.6 Å². The molecule has 38 heavy (non-hydrogen) atoms. The highest BCUT2D eigenvalue weighted by atomic mass is 35.5. The molecule has 4 rings (SSSR count). The maximum absolute atomic E-state index is 12.8. The minimum Gasteiger partial charge on any atom is -0.482 e. The molecule has 0 radical (unpaired) electrons. The number of rotatable bonds is 8. The zero-order valence-corrected chi connectivity index (χ0v) is 23.0. The van der Waals surface area contributed by atoms with Gasteiger partial charge in [0.25, 0.3) is 11.6 Å². The van der Waals surface area contributed by atoms with Crippen molar-refractivity contribution in [3.63, 3.8) is 0 Å². The van der Waals surface area contributed by atoms with Gasteiger partial charge in [0.1, 0.15) is 33.9 Å². The van der Waals surface area contributed by atoms with E-state index in [1.807, 2.05) is 19.1 Å². The summed E-state index contributed by atoms with van der Waals surface area (Å²) in [7, 11) is 0. The second kappa shape index (κ2) is 11.7. The normalized spacial score (nSPS) is 10.8. The first-order valence-corrected chi connectivity index (χ1v) is 12.5. The van der Waals surface area contributed by atoms with Gasteiger partial charge in [-0.3, -0.25) is 14.9 Å². The first-order valence-electron chi connectivity index (χ1n) is 10.6. The molecule has 0 unspecified atom stereocenters. The molecule has 4 aromatic rings. The Kier molecular flexibility index (Phi) is 8.60. The number of nitro groups is 1. The Balaban J connectivity index is 1.48. The third-order valence-electron chi connectivity index (χ3n) is 5.03. The second-order valence-electron chi connectivity index (χ2n) is 7.80. The fraction of sp³-hybridized carbons (Fsp3) is 0.0800. The van der Waals surface area contributed by atoms with Crippen molar-refractivity contribution >= 4 is 75.3 Å². The number of halogens is 5. The van der Waals surface area contributed by atoms with Crippen molar-refractivity contribution in [1.82, 2.24) is 0 Å². The molecule has 0 aliphatic carbocycles. The van der Waals surface area contributed by atoms with Crippen LogP contribution in [0.1, 0.15) is 21.9 Å². The van der Waals surface area contributed by atoms with Crippen LogP contribution in [-0.4, -0.2) is 10.8 Å². The molecule has 0 aliphatic heterocycles. The molecule has 1 N–H and O–H groups in total. The summed E-state index contributed by atoms with van der Waals surface area (Å²) >= 11 is 30.4. The maximum atomic E-state index is 12.8. The van der Waals surface area contributed by atoms with Gasteiger partial charge in [-0.2, -0.15) is 0 Å². The minimum atomic E-state index is -0.660. The number of furan rings is 1. The molecule has 0 spiro atoms. The third-order valence-corrected chi connectivity index (χ3v) is 7.27. The highest BCUT2D eigenvalue weighted by molar-refractivity contribution is 6.55. The van der Waals surface area contributed by atoms with E-state index in [2.05, 4.69) is 5.32 Å². The molecule has 196 valence electrons. The average molecular weight is 617 g/mol. The fourth-order valence-corrected chi connectivity index (χ4v) is 4.42. The molecule has 1 heterocycles. The summed E-state index contributed by atoms with van der Waals surface area (Å²) in [5.74, 6) is 0.139. The van der Waals surface area contributed by atoms with Crippen molar-refractivity contribution in [2.75, 3.05) is 5.32 Å². The highest BCUT2D eigenvalue weighted by Crippen LogP contribution is 2.48. The van der Waals surface area contributed by atoms with Gasteiger partial charge in [0, 0.05) is 12.1 Å². The van der Waals surface area contributed by atoms with Gasteiger partial charge in [-0.15, -0.1) is 0 Å². The zero-order chi connectivity index (χ0) is 27.6. The van der Waals surface area contributed by atoms with Gasteiger partial charge in [0.05, 0.1) is 31.7 Å². The molecule has 13 heteroatoms. The van der Waals surface area contributed by atoms with Crippen LogP contribution in [0.25, 0.3) is 0 Å².